The lowest BCUT2D eigenvalue weighted by molar-refractivity contribution is -0.167. The summed E-state index contributed by atoms with van der Waals surface area (Å²) in [6.07, 6.45) is 67.1. The molecule has 0 spiro atoms. The molecule has 0 saturated heterocycles. The Morgan fingerprint density at radius 3 is 1.12 bits per heavy atom. The molecule has 0 N–H and O–H groups in total. The Bertz CT molecular complexity index is 1250. The molecule has 64 heavy (non-hydrogen) atoms. The van der Waals surface area contributed by atoms with Gasteiger partial charge in [0.1, 0.15) is 13.2 Å². The number of allylic oxidation sites excluding steroid dienone is 14. The van der Waals surface area contributed by atoms with Crippen molar-refractivity contribution in [2.75, 3.05) is 13.2 Å². The Hall–Kier alpha value is -3.41. The Morgan fingerprint density at radius 1 is 0.344 bits per heavy atom. The van der Waals surface area contributed by atoms with Crippen molar-refractivity contribution in [3.8, 4) is 0 Å². The molecule has 0 aliphatic heterocycles. The van der Waals surface area contributed by atoms with Gasteiger partial charge in [-0.1, -0.05) is 221 Å². The molecule has 0 aromatic carbocycles. The van der Waals surface area contributed by atoms with Crippen LogP contribution in [0.5, 0.6) is 0 Å². The third-order valence-corrected chi connectivity index (χ3v) is 11.2. The lowest BCUT2D eigenvalue weighted by atomic mass is 10.1. The average molecular weight is 891 g/mol. The van der Waals surface area contributed by atoms with Crippen molar-refractivity contribution in [3.63, 3.8) is 0 Å². The minimum absolute atomic E-state index is 0.0887. The first-order chi connectivity index (χ1) is 31.5. The molecule has 0 aliphatic carbocycles. The fourth-order valence-corrected chi connectivity index (χ4v) is 7.24. The van der Waals surface area contributed by atoms with Gasteiger partial charge in [0.25, 0.3) is 0 Å². The molecule has 1 unspecified atom stereocenters. The molecule has 1 atom stereocenters. The van der Waals surface area contributed by atoms with Crippen LogP contribution in [0.1, 0.15) is 245 Å². The SMILES string of the molecule is CC\C=C/C=C\C=C/CCCCCCCC(=O)OCC(COC(=O)CCCCCCCCCCCC/C=C\C=C/CCCCC)OC(=O)CCCCCCCCC/C=C\C/C=C\CC. The van der Waals surface area contributed by atoms with Crippen LogP contribution in [0, 0.1) is 0 Å². The summed E-state index contributed by atoms with van der Waals surface area (Å²) in [5.41, 5.74) is 0. The van der Waals surface area contributed by atoms with Crippen LogP contribution in [0.25, 0.3) is 0 Å². The second-order valence-corrected chi connectivity index (χ2v) is 17.5. The van der Waals surface area contributed by atoms with E-state index in [-0.39, 0.29) is 31.1 Å². The summed E-state index contributed by atoms with van der Waals surface area (Å²) < 4.78 is 16.8. The molecule has 0 aromatic rings. The molecular weight excluding hydrogens is 793 g/mol. The quantitative estimate of drug-likeness (QED) is 0.0199. The first kappa shape index (κ1) is 60.6. The predicted octanol–water partition coefficient (Wildman–Crippen LogP) is 17.6. The van der Waals surface area contributed by atoms with Gasteiger partial charge in [0.2, 0.25) is 0 Å². The van der Waals surface area contributed by atoms with Gasteiger partial charge >= 0.3 is 17.9 Å². The Morgan fingerprint density at radius 2 is 0.688 bits per heavy atom. The largest absolute Gasteiger partial charge is 0.462 e. The third-order valence-electron chi connectivity index (χ3n) is 11.2. The van der Waals surface area contributed by atoms with E-state index < -0.39 is 6.10 Å². The molecular formula is C58H98O6. The standard InChI is InChI=1S/C58H98O6/c1-4-7-10-13-16-19-22-25-27-28-29-30-31-34-36-39-42-45-48-51-57(60)63-54-55(53-62-56(59)50-47-44-41-38-35-32-24-21-18-15-12-9-6-3)64-58(61)52-49-46-43-40-37-33-26-23-20-17-14-11-8-5-2/h8-9,11-12,15-22,24-25,55H,4-7,10,13-14,23,26-54H2,1-3H3/b11-8-,12-9-,18-15-,19-16-,20-17-,24-21-,25-22-. The van der Waals surface area contributed by atoms with Gasteiger partial charge in [-0.3, -0.25) is 14.4 Å². The Labute approximate surface area is 395 Å². The summed E-state index contributed by atoms with van der Waals surface area (Å²) in [6.45, 7) is 6.35. The number of hydrogen-bond acceptors (Lipinski definition) is 6. The zero-order valence-corrected chi connectivity index (χ0v) is 41.8. The highest BCUT2D eigenvalue weighted by atomic mass is 16.6. The van der Waals surface area contributed by atoms with Crippen LogP contribution in [0.2, 0.25) is 0 Å². The fraction of sp³-hybridized carbons (Fsp3) is 0.707. The molecule has 0 rings (SSSR count). The lowest BCUT2D eigenvalue weighted by Crippen LogP contribution is -2.30. The van der Waals surface area contributed by atoms with Gasteiger partial charge in [-0.05, 0) is 89.9 Å². The Kier molecular flexibility index (Phi) is 49.4. The van der Waals surface area contributed by atoms with Crippen LogP contribution in [0.4, 0.5) is 0 Å². The van der Waals surface area contributed by atoms with E-state index in [1.54, 1.807) is 0 Å². The van der Waals surface area contributed by atoms with Crippen molar-refractivity contribution in [3.05, 3.63) is 85.1 Å². The fourth-order valence-electron chi connectivity index (χ4n) is 7.24. The predicted molar refractivity (Wildman–Crippen MR) is 274 cm³/mol. The zero-order chi connectivity index (χ0) is 46.5. The summed E-state index contributed by atoms with van der Waals surface area (Å²) in [4.78, 5) is 38.0. The topological polar surface area (TPSA) is 78.9 Å². The first-order valence-corrected chi connectivity index (χ1v) is 26.6. The molecule has 366 valence electrons. The van der Waals surface area contributed by atoms with E-state index >= 15 is 0 Å². The van der Waals surface area contributed by atoms with Gasteiger partial charge in [-0.25, -0.2) is 0 Å². The van der Waals surface area contributed by atoms with E-state index in [0.29, 0.717) is 19.3 Å². The van der Waals surface area contributed by atoms with Gasteiger partial charge in [0.05, 0.1) is 0 Å². The van der Waals surface area contributed by atoms with E-state index in [1.165, 1.54) is 103 Å². The second kappa shape index (κ2) is 52.2. The molecule has 0 radical (unpaired) electrons. The molecule has 6 heteroatoms. The summed E-state index contributed by atoms with van der Waals surface area (Å²) in [6, 6.07) is 0. The number of hydrogen-bond donors (Lipinski definition) is 0. The van der Waals surface area contributed by atoms with Crippen LogP contribution < -0.4 is 0 Å². The number of rotatable bonds is 47. The van der Waals surface area contributed by atoms with Crippen molar-refractivity contribution >= 4 is 17.9 Å². The maximum Gasteiger partial charge on any atom is 0.306 e. The van der Waals surface area contributed by atoms with E-state index in [0.717, 1.165) is 103 Å². The molecule has 0 saturated carbocycles. The minimum Gasteiger partial charge on any atom is -0.462 e. The maximum atomic E-state index is 12.8. The average Bonchev–Trinajstić information content (AvgIpc) is 3.29. The summed E-state index contributed by atoms with van der Waals surface area (Å²) in [5.74, 6) is -0.921. The lowest BCUT2D eigenvalue weighted by Gasteiger charge is -2.18. The number of esters is 3. The van der Waals surface area contributed by atoms with Crippen LogP contribution in [0.15, 0.2) is 85.1 Å². The number of ether oxygens (including phenoxy) is 3. The highest BCUT2D eigenvalue weighted by Gasteiger charge is 2.19. The molecule has 0 heterocycles. The van der Waals surface area contributed by atoms with Crippen molar-refractivity contribution in [2.24, 2.45) is 0 Å². The summed E-state index contributed by atoms with van der Waals surface area (Å²) in [7, 11) is 0. The zero-order valence-electron chi connectivity index (χ0n) is 41.8. The smallest absolute Gasteiger partial charge is 0.306 e. The maximum absolute atomic E-state index is 12.8. The molecule has 0 aromatic heterocycles. The van der Waals surface area contributed by atoms with Gasteiger partial charge in [0, 0.05) is 19.3 Å². The van der Waals surface area contributed by atoms with Crippen LogP contribution >= 0.6 is 0 Å². The van der Waals surface area contributed by atoms with Crippen molar-refractivity contribution in [1.29, 1.82) is 0 Å². The molecule has 0 aliphatic rings. The highest BCUT2D eigenvalue weighted by Crippen LogP contribution is 2.15. The normalized spacial score (nSPS) is 12.7. The number of unbranched alkanes of at least 4 members (excludes halogenated alkanes) is 25. The third kappa shape index (κ3) is 49.6. The highest BCUT2D eigenvalue weighted by molar-refractivity contribution is 5.71. The van der Waals surface area contributed by atoms with Crippen molar-refractivity contribution in [2.45, 2.75) is 252 Å². The molecule has 0 amide bonds. The van der Waals surface area contributed by atoms with Crippen LogP contribution in [-0.2, 0) is 28.6 Å². The number of carbonyl (C=O) groups is 3. The Balaban J connectivity index is 4.38. The minimum atomic E-state index is -0.790. The van der Waals surface area contributed by atoms with E-state index in [1.807, 2.05) is 0 Å². The van der Waals surface area contributed by atoms with Gasteiger partial charge in [0.15, 0.2) is 6.10 Å². The van der Waals surface area contributed by atoms with Crippen molar-refractivity contribution < 1.29 is 28.6 Å². The van der Waals surface area contributed by atoms with Gasteiger partial charge in [-0.15, -0.1) is 0 Å². The molecule has 6 nitrogen and oxygen atoms in total. The van der Waals surface area contributed by atoms with Crippen LogP contribution in [0.3, 0.4) is 0 Å². The van der Waals surface area contributed by atoms with Crippen LogP contribution in [-0.4, -0.2) is 37.2 Å². The van der Waals surface area contributed by atoms with E-state index in [4.69, 9.17) is 14.2 Å². The van der Waals surface area contributed by atoms with Gasteiger partial charge in [-0.2, -0.15) is 0 Å². The summed E-state index contributed by atoms with van der Waals surface area (Å²) in [5, 5.41) is 0. The molecule has 0 fully saturated rings. The van der Waals surface area contributed by atoms with Crippen molar-refractivity contribution in [1.82, 2.24) is 0 Å². The monoisotopic (exact) mass is 891 g/mol. The first-order valence-electron chi connectivity index (χ1n) is 26.6. The van der Waals surface area contributed by atoms with E-state index in [2.05, 4.69) is 106 Å². The molecule has 0 bridgehead atoms. The van der Waals surface area contributed by atoms with E-state index in [9.17, 15) is 14.4 Å². The number of carbonyl (C=O) groups excluding carboxylic acids is 3. The van der Waals surface area contributed by atoms with Gasteiger partial charge < -0.3 is 14.2 Å². The second-order valence-electron chi connectivity index (χ2n) is 17.5. The summed E-state index contributed by atoms with van der Waals surface area (Å²) >= 11 is 0.